The molecule has 40 heavy (non-hydrogen) atoms. The van der Waals surface area contributed by atoms with Crippen LogP contribution in [0.5, 0.6) is 0 Å². The summed E-state index contributed by atoms with van der Waals surface area (Å²) < 4.78 is 45.0. The third kappa shape index (κ3) is 5.06. The predicted octanol–water partition coefficient (Wildman–Crippen LogP) is 4.75. The Bertz CT molecular complexity index is 1460. The summed E-state index contributed by atoms with van der Waals surface area (Å²) in [6.07, 6.45) is -0.0145. The van der Waals surface area contributed by atoms with Gasteiger partial charge in [-0.15, -0.1) is 0 Å². The van der Waals surface area contributed by atoms with E-state index < -0.39 is 23.1 Å². The summed E-state index contributed by atoms with van der Waals surface area (Å²) in [6, 6.07) is 7.98. The van der Waals surface area contributed by atoms with Gasteiger partial charge in [0.1, 0.15) is 5.82 Å². The van der Waals surface area contributed by atoms with Gasteiger partial charge in [-0.25, -0.2) is 4.98 Å². The van der Waals surface area contributed by atoms with Crippen molar-refractivity contribution in [1.29, 1.82) is 0 Å². The van der Waals surface area contributed by atoms with Gasteiger partial charge in [-0.3, -0.25) is 19.5 Å². The van der Waals surface area contributed by atoms with Crippen LogP contribution in [0, 0.1) is 12.8 Å². The predicted molar refractivity (Wildman–Crippen MR) is 142 cm³/mol. The van der Waals surface area contributed by atoms with Crippen molar-refractivity contribution in [2.75, 3.05) is 36.6 Å². The number of pyridine rings is 2. The third-order valence-electron chi connectivity index (χ3n) is 7.85. The lowest BCUT2D eigenvalue weighted by Gasteiger charge is -2.44. The largest absolute Gasteiger partial charge is 0.417 e. The Balaban J connectivity index is 1.51. The van der Waals surface area contributed by atoms with E-state index in [1.807, 2.05) is 13.0 Å². The SMILES string of the molecule is Cc1ccc(NC(=O)c2cncc(C(F)(F)F)c2)cc1-c1cnc2c(c1)C1(C)CCOCCC1C(=O)N2CCO. The van der Waals surface area contributed by atoms with Crippen molar-refractivity contribution in [2.24, 2.45) is 5.92 Å². The second kappa shape index (κ2) is 10.6. The topological polar surface area (TPSA) is 105 Å². The van der Waals surface area contributed by atoms with Crippen molar-refractivity contribution in [3.05, 3.63) is 71.2 Å². The standard InChI is InChI=1S/C29H29F3N4O4/c1-17-3-4-21(35-26(38)19-11-20(16-33-14-19)29(30,31)32)13-22(17)18-12-24-25(34-15-18)36(7-8-37)27(39)23-5-9-40-10-6-28(23,24)2/h3-4,11-16,23,37H,5-10H2,1-2H3,(H,35,38). The second-order valence-corrected chi connectivity index (χ2v) is 10.4. The zero-order valence-electron chi connectivity index (χ0n) is 22.1. The number of anilines is 2. The first-order valence-electron chi connectivity index (χ1n) is 13.0. The number of β-amino-alcohol motifs (C(OH)–C–C–N with tert-alkyl or cyclic N) is 1. The summed E-state index contributed by atoms with van der Waals surface area (Å²) in [6.45, 7) is 4.88. The lowest BCUT2D eigenvalue weighted by molar-refractivity contribution is -0.137. The number of ether oxygens (including phenoxy) is 1. The monoisotopic (exact) mass is 554 g/mol. The van der Waals surface area contributed by atoms with E-state index in [0.717, 1.165) is 34.5 Å². The van der Waals surface area contributed by atoms with Gasteiger partial charge in [-0.2, -0.15) is 13.2 Å². The molecule has 5 rings (SSSR count). The lowest BCUT2D eigenvalue weighted by Crippen LogP contribution is -2.52. The Labute approximate surface area is 229 Å². The van der Waals surface area contributed by atoms with E-state index in [1.165, 1.54) is 0 Å². The molecule has 1 fully saturated rings. The summed E-state index contributed by atoms with van der Waals surface area (Å²) in [5, 5.41) is 12.3. The van der Waals surface area contributed by atoms with Crippen LogP contribution in [0.2, 0.25) is 0 Å². The van der Waals surface area contributed by atoms with E-state index in [-0.39, 0.29) is 30.5 Å². The van der Waals surface area contributed by atoms with E-state index in [9.17, 15) is 27.9 Å². The number of halogens is 3. The first-order valence-corrected chi connectivity index (χ1v) is 13.0. The smallest absolute Gasteiger partial charge is 0.395 e. The van der Waals surface area contributed by atoms with Crippen LogP contribution in [0.25, 0.3) is 11.1 Å². The van der Waals surface area contributed by atoms with Crippen molar-refractivity contribution < 1.29 is 32.6 Å². The van der Waals surface area contributed by atoms with Gasteiger partial charge in [-0.05, 0) is 55.2 Å². The van der Waals surface area contributed by atoms with Gasteiger partial charge in [-0.1, -0.05) is 13.0 Å². The molecule has 0 aliphatic carbocycles. The summed E-state index contributed by atoms with van der Waals surface area (Å²) in [5.74, 6) is -0.592. The molecule has 0 radical (unpaired) electrons. The minimum Gasteiger partial charge on any atom is -0.395 e. The number of nitrogens with one attached hydrogen (secondary N) is 1. The Hall–Kier alpha value is -3.83. The number of aryl methyl sites for hydroxylation is 1. The molecule has 3 aromatic rings. The Morgan fingerprint density at radius 3 is 2.75 bits per heavy atom. The third-order valence-corrected chi connectivity index (χ3v) is 7.85. The number of aliphatic hydroxyl groups is 1. The van der Waals surface area contributed by atoms with Crippen LogP contribution in [-0.4, -0.2) is 53.3 Å². The van der Waals surface area contributed by atoms with Gasteiger partial charge in [0.2, 0.25) is 5.91 Å². The van der Waals surface area contributed by atoms with Crippen LogP contribution in [0.15, 0.2) is 48.9 Å². The Morgan fingerprint density at radius 2 is 2.00 bits per heavy atom. The number of carbonyl (C=O) groups is 2. The van der Waals surface area contributed by atoms with Gasteiger partial charge < -0.3 is 15.2 Å². The molecule has 2 aliphatic rings. The van der Waals surface area contributed by atoms with Crippen molar-refractivity contribution in [3.8, 4) is 11.1 Å². The summed E-state index contributed by atoms with van der Waals surface area (Å²) in [7, 11) is 0. The van der Waals surface area contributed by atoms with E-state index >= 15 is 0 Å². The summed E-state index contributed by atoms with van der Waals surface area (Å²) in [5.41, 5.74) is 1.97. The van der Waals surface area contributed by atoms with Gasteiger partial charge in [0.05, 0.1) is 30.2 Å². The molecule has 0 spiro atoms. The minimum atomic E-state index is -4.61. The van der Waals surface area contributed by atoms with Crippen molar-refractivity contribution in [3.63, 3.8) is 0 Å². The molecule has 8 nitrogen and oxygen atoms in total. The number of amides is 2. The Kier molecular flexibility index (Phi) is 7.36. The second-order valence-electron chi connectivity index (χ2n) is 10.4. The highest BCUT2D eigenvalue weighted by atomic mass is 19.4. The molecule has 2 N–H and O–H groups in total. The highest BCUT2D eigenvalue weighted by Gasteiger charge is 2.49. The molecule has 1 aromatic carbocycles. The fourth-order valence-electron chi connectivity index (χ4n) is 5.58. The number of nitrogens with zero attached hydrogens (tertiary/aromatic N) is 3. The van der Waals surface area contributed by atoms with Crippen molar-refractivity contribution in [2.45, 2.75) is 38.3 Å². The maximum Gasteiger partial charge on any atom is 0.417 e. The first kappa shape index (κ1) is 27.7. The Morgan fingerprint density at radius 1 is 1.20 bits per heavy atom. The van der Waals surface area contributed by atoms with Crippen molar-refractivity contribution in [1.82, 2.24) is 9.97 Å². The van der Waals surface area contributed by atoms with Crippen LogP contribution in [0.4, 0.5) is 24.7 Å². The molecule has 4 heterocycles. The summed E-state index contributed by atoms with van der Waals surface area (Å²) >= 11 is 0. The molecule has 0 saturated carbocycles. The normalized spacial score (nSPS) is 20.9. The lowest BCUT2D eigenvalue weighted by atomic mass is 9.66. The molecule has 210 valence electrons. The van der Waals surface area contributed by atoms with E-state index in [4.69, 9.17) is 4.74 Å². The molecule has 2 unspecified atom stereocenters. The van der Waals surface area contributed by atoms with Crippen LogP contribution in [-0.2, 0) is 21.1 Å². The molecule has 2 aliphatic heterocycles. The molecule has 1 saturated heterocycles. The zero-order valence-corrected chi connectivity index (χ0v) is 22.1. The molecular formula is C29H29F3N4O4. The van der Waals surface area contributed by atoms with Gasteiger partial charge in [0.25, 0.3) is 5.91 Å². The molecule has 11 heteroatoms. The number of benzene rings is 1. The average Bonchev–Trinajstić information content (AvgIpc) is 3.14. The molecule has 2 atom stereocenters. The number of aliphatic hydroxyl groups excluding tert-OH is 1. The summed E-state index contributed by atoms with van der Waals surface area (Å²) in [4.78, 5) is 36.0. The maximum absolute atomic E-state index is 13.4. The first-order chi connectivity index (χ1) is 19.0. The quantitative estimate of drug-likeness (QED) is 0.472. The van der Waals surface area contributed by atoms with E-state index in [2.05, 4.69) is 22.2 Å². The van der Waals surface area contributed by atoms with Gasteiger partial charge >= 0.3 is 6.18 Å². The molecule has 2 amide bonds. The number of aromatic nitrogens is 2. The molecular weight excluding hydrogens is 525 g/mol. The number of carbonyl (C=O) groups excluding carboxylic acids is 2. The van der Waals surface area contributed by atoms with Crippen LogP contribution >= 0.6 is 0 Å². The number of alkyl halides is 3. The maximum atomic E-state index is 13.4. The number of rotatable bonds is 5. The fraction of sp³-hybridized carbons (Fsp3) is 0.379. The molecule has 2 aromatic heterocycles. The highest BCUT2D eigenvalue weighted by Crippen LogP contribution is 2.48. The van der Waals surface area contributed by atoms with E-state index in [1.54, 1.807) is 29.3 Å². The number of hydrogen-bond acceptors (Lipinski definition) is 6. The minimum absolute atomic E-state index is 0.0697. The van der Waals surface area contributed by atoms with Crippen LogP contribution in [0.3, 0.4) is 0 Å². The number of hydrogen-bond donors (Lipinski definition) is 2. The molecule has 0 bridgehead atoms. The van der Waals surface area contributed by atoms with E-state index in [0.29, 0.717) is 43.8 Å². The zero-order chi connectivity index (χ0) is 28.7. The average molecular weight is 555 g/mol. The van der Waals surface area contributed by atoms with Gasteiger partial charge in [0.15, 0.2) is 0 Å². The number of fused-ring (bicyclic) bond motifs is 3. The van der Waals surface area contributed by atoms with Crippen molar-refractivity contribution >= 4 is 23.3 Å². The van der Waals surface area contributed by atoms with Gasteiger partial charge in [0, 0.05) is 54.0 Å². The fourth-order valence-corrected chi connectivity index (χ4v) is 5.58. The van der Waals surface area contributed by atoms with Crippen LogP contribution in [0.1, 0.15) is 46.8 Å². The highest BCUT2D eigenvalue weighted by molar-refractivity contribution is 6.04. The van der Waals surface area contributed by atoms with Crippen LogP contribution < -0.4 is 10.2 Å².